The van der Waals surface area contributed by atoms with Crippen LogP contribution in [0.15, 0.2) is 18.3 Å². The highest BCUT2D eigenvalue weighted by Crippen LogP contribution is 2.25. The van der Waals surface area contributed by atoms with Crippen molar-refractivity contribution in [2.24, 2.45) is 0 Å². The minimum atomic E-state index is 0.0754. The zero-order valence-corrected chi connectivity index (χ0v) is 14.7. The summed E-state index contributed by atoms with van der Waals surface area (Å²) in [6.07, 6.45) is 7.96. The Kier molecular flexibility index (Phi) is 5.17. The second-order valence-electron chi connectivity index (χ2n) is 7.24. The van der Waals surface area contributed by atoms with E-state index in [4.69, 9.17) is 9.47 Å². The fraction of sp³-hybridized carbons (Fsp3) is 0.684. The van der Waals surface area contributed by atoms with Gasteiger partial charge in [0.25, 0.3) is 5.91 Å². The molecular weight excluding hydrogens is 318 g/mol. The van der Waals surface area contributed by atoms with Gasteiger partial charge in [-0.05, 0) is 31.7 Å². The van der Waals surface area contributed by atoms with Gasteiger partial charge < -0.3 is 14.4 Å². The van der Waals surface area contributed by atoms with E-state index in [2.05, 4.69) is 9.88 Å². The second kappa shape index (κ2) is 7.70. The van der Waals surface area contributed by atoms with Crippen LogP contribution >= 0.6 is 0 Å². The number of hydrogen-bond donors (Lipinski definition) is 0. The number of ether oxygens (including phenoxy) is 2. The van der Waals surface area contributed by atoms with E-state index in [1.165, 1.54) is 19.3 Å². The molecule has 1 aromatic heterocycles. The molecule has 1 aromatic rings. The Morgan fingerprint density at radius 2 is 2.00 bits per heavy atom. The van der Waals surface area contributed by atoms with Crippen molar-refractivity contribution < 1.29 is 14.3 Å². The first kappa shape index (κ1) is 16.8. The first-order valence-corrected chi connectivity index (χ1v) is 9.53. The lowest BCUT2D eigenvalue weighted by molar-refractivity contribution is 0.0454. The van der Waals surface area contributed by atoms with E-state index in [1.54, 1.807) is 12.3 Å². The van der Waals surface area contributed by atoms with Gasteiger partial charge in [0.05, 0.1) is 11.7 Å². The van der Waals surface area contributed by atoms with E-state index in [0.29, 0.717) is 18.1 Å². The van der Waals surface area contributed by atoms with Gasteiger partial charge in [0, 0.05) is 51.1 Å². The number of nitrogens with zero attached hydrogens (tertiary/aromatic N) is 3. The molecule has 1 unspecified atom stereocenters. The quantitative estimate of drug-likeness (QED) is 0.816. The number of amides is 1. The number of piperazine rings is 1. The van der Waals surface area contributed by atoms with Crippen LogP contribution in [0.25, 0.3) is 0 Å². The maximum Gasteiger partial charge on any atom is 0.255 e. The monoisotopic (exact) mass is 345 g/mol. The van der Waals surface area contributed by atoms with Crippen LogP contribution in [0.2, 0.25) is 0 Å². The van der Waals surface area contributed by atoms with Crippen LogP contribution in [-0.4, -0.2) is 72.2 Å². The Bertz CT molecular complexity index is 574. The van der Waals surface area contributed by atoms with Gasteiger partial charge in [-0.1, -0.05) is 6.42 Å². The van der Waals surface area contributed by atoms with Gasteiger partial charge in [-0.15, -0.1) is 0 Å². The fourth-order valence-electron chi connectivity index (χ4n) is 3.77. The van der Waals surface area contributed by atoms with Crippen molar-refractivity contribution in [3.8, 4) is 5.88 Å². The first-order valence-electron chi connectivity index (χ1n) is 9.53. The molecule has 25 heavy (non-hydrogen) atoms. The molecule has 2 saturated heterocycles. The second-order valence-corrected chi connectivity index (χ2v) is 7.24. The van der Waals surface area contributed by atoms with Gasteiger partial charge in [-0.3, -0.25) is 9.69 Å². The highest BCUT2D eigenvalue weighted by Gasteiger charge is 2.29. The lowest BCUT2D eigenvalue weighted by Gasteiger charge is -2.42. The van der Waals surface area contributed by atoms with Crippen LogP contribution < -0.4 is 4.74 Å². The molecule has 0 bridgehead atoms. The van der Waals surface area contributed by atoms with E-state index in [1.807, 2.05) is 11.0 Å². The molecule has 3 aliphatic rings. The van der Waals surface area contributed by atoms with Crippen LogP contribution in [0.3, 0.4) is 0 Å². The van der Waals surface area contributed by atoms with Crippen LogP contribution in [0.5, 0.6) is 5.88 Å². The summed E-state index contributed by atoms with van der Waals surface area (Å²) in [5.74, 6) is 0.633. The molecule has 4 rings (SSSR count). The van der Waals surface area contributed by atoms with Gasteiger partial charge >= 0.3 is 0 Å². The van der Waals surface area contributed by atoms with Crippen LogP contribution in [-0.2, 0) is 4.74 Å². The van der Waals surface area contributed by atoms with Gasteiger partial charge in [0.15, 0.2) is 0 Å². The van der Waals surface area contributed by atoms with Crippen molar-refractivity contribution in [3.05, 3.63) is 23.9 Å². The average Bonchev–Trinajstić information content (AvgIpc) is 3.13. The Balaban J connectivity index is 1.27. The largest absolute Gasteiger partial charge is 0.475 e. The number of hydrogen-bond acceptors (Lipinski definition) is 5. The summed E-state index contributed by atoms with van der Waals surface area (Å²) in [7, 11) is 0. The van der Waals surface area contributed by atoms with Crippen molar-refractivity contribution in [2.45, 2.75) is 44.2 Å². The third-order valence-corrected chi connectivity index (χ3v) is 5.62. The summed E-state index contributed by atoms with van der Waals surface area (Å²) in [6, 6.07) is 4.37. The SMILES string of the molecule is O=C(c1ccc(OCC2CCCO2)nc1)N1CCN(C2CCC2)CC1. The number of aromatic nitrogens is 1. The van der Waals surface area contributed by atoms with Crippen molar-refractivity contribution in [2.75, 3.05) is 39.4 Å². The third kappa shape index (κ3) is 3.96. The summed E-state index contributed by atoms with van der Waals surface area (Å²) in [4.78, 5) is 21.4. The number of carbonyl (C=O) groups excluding carboxylic acids is 1. The number of carbonyl (C=O) groups is 1. The number of pyridine rings is 1. The average molecular weight is 345 g/mol. The maximum absolute atomic E-state index is 12.6. The molecule has 3 heterocycles. The molecule has 3 fully saturated rings. The first-order chi connectivity index (χ1) is 12.3. The topological polar surface area (TPSA) is 54.9 Å². The lowest BCUT2D eigenvalue weighted by Crippen LogP contribution is -2.53. The lowest BCUT2D eigenvalue weighted by atomic mass is 9.91. The third-order valence-electron chi connectivity index (χ3n) is 5.62. The Morgan fingerprint density at radius 1 is 1.16 bits per heavy atom. The van der Waals surface area contributed by atoms with Crippen LogP contribution in [0.1, 0.15) is 42.5 Å². The van der Waals surface area contributed by atoms with E-state index in [-0.39, 0.29) is 12.0 Å². The smallest absolute Gasteiger partial charge is 0.255 e. The predicted molar refractivity (Wildman–Crippen MR) is 93.8 cm³/mol. The van der Waals surface area contributed by atoms with E-state index < -0.39 is 0 Å². The molecule has 136 valence electrons. The molecule has 1 aliphatic carbocycles. The Labute approximate surface area is 149 Å². The molecule has 0 N–H and O–H groups in total. The molecule has 0 radical (unpaired) electrons. The summed E-state index contributed by atoms with van der Waals surface area (Å²) >= 11 is 0. The fourth-order valence-corrected chi connectivity index (χ4v) is 3.77. The summed E-state index contributed by atoms with van der Waals surface area (Å²) < 4.78 is 11.2. The minimum Gasteiger partial charge on any atom is -0.475 e. The molecule has 2 aliphatic heterocycles. The normalized spacial score (nSPS) is 25.0. The predicted octanol–water partition coefficient (Wildman–Crippen LogP) is 1.95. The van der Waals surface area contributed by atoms with Crippen molar-refractivity contribution >= 4 is 5.91 Å². The minimum absolute atomic E-state index is 0.0754. The van der Waals surface area contributed by atoms with Crippen molar-refractivity contribution in [1.82, 2.24) is 14.8 Å². The van der Waals surface area contributed by atoms with Crippen molar-refractivity contribution in [1.29, 1.82) is 0 Å². The van der Waals surface area contributed by atoms with E-state index >= 15 is 0 Å². The Hall–Kier alpha value is -1.66. The summed E-state index contributed by atoms with van der Waals surface area (Å²) in [5.41, 5.74) is 0.640. The zero-order chi connectivity index (χ0) is 17.1. The number of rotatable bonds is 5. The molecule has 1 atom stereocenters. The molecule has 6 heteroatoms. The van der Waals surface area contributed by atoms with E-state index in [0.717, 1.165) is 51.7 Å². The molecule has 6 nitrogen and oxygen atoms in total. The highest BCUT2D eigenvalue weighted by atomic mass is 16.5. The molecule has 1 amide bonds. The van der Waals surface area contributed by atoms with E-state index in [9.17, 15) is 4.79 Å². The highest BCUT2D eigenvalue weighted by molar-refractivity contribution is 5.94. The summed E-state index contributed by atoms with van der Waals surface area (Å²) in [5, 5.41) is 0. The van der Waals surface area contributed by atoms with Gasteiger partial charge in [-0.25, -0.2) is 4.98 Å². The van der Waals surface area contributed by atoms with Crippen LogP contribution in [0.4, 0.5) is 0 Å². The standard InChI is InChI=1S/C19H27N3O3/c23-19(22-10-8-21(9-11-22)16-3-1-4-16)15-6-7-18(20-13-15)25-14-17-5-2-12-24-17/h6-7,13,16-17H,1-5,8-12,14H2. The molecule has 0 spiro atoms. The molecular formula is C19H27N3O3. The van der Waals surface area contributed by atoms with Gasteiger partial charge in [0.1, 0.15) is 6.61 Å². The summed E-state index contributed by atoms with van der Waals surface area (Å²) in [6.45, 7) is 4.96. The molecule has 1 saturated carbocycles. The molecule has 0 aromatic carbocycles. The maximum atomic E-state index is 12.6. The van der Waals surface area contributed by atoms with Gasteiger partial charge in [-0.2, -0.15) is 0 Å². The Morgan fingerprint density at radius 3 is 2.60 bits per heavy atom. The van der Waals surface area contributed by atoms with Crippen LogP contribution in [0, 0.1) is 0 Å². The van der Waals surface area contributed by atoms with Crippen molar-refractivity contribution in [3.63, 3.8) is 0 Å². The van der Waals surface area contributed by atoms with Gasteiger partial charge in [0.2, 0.25) is 5.88 Å². The zero-order valence-electron chi connectivity index (χ0n) is 14.7.